The van der Waals surface area contributed by atoms with E-state index in [1.54, 1.807) is 10.9 Å². The molecule has 1 aromatic heterocycles. The normalized spacial score (nSPS) is 12.7. The van der Waals surface area contributed by atoms with Crippen LogP contribution in [0.2, 0.25) is 5.02 Å². The molecule has 2 aromatic rings. The number of nitrogens with zero attached hydrogens (tertiary/aromatic N) is 2. The molecule has 1 aromatic carbocycles. The fourth-order valence-corrected chi connectivity index (χ4v) is 1.76. The van der Waals surface area contributed by atoms with Gasteiger partial charge in [0, 0.05) is 18.3 Å². The fraction of sp³-hybridized carbons (Fsp3) is 0.182. The summed E-state index contributed by atoms with van der Waals surface area (Å²) in [6, 6.07) is 9.29. The van der Waals surface area contributed by atoms with Crippen molar-refractivity contribution in [1.82, 2.24) is 9.78 Å². The fourth-order valence-electron chi connectivity index (χ4n) is 1.56. The lowest BCUT2D eigenvalue weighted by molar-refractivity contribution is 0.673. The van der Waals surface area contributed by atoms with Crippen LogP contribution in [0.15, 0.2) is 36.5 Å². The van der Waals surface area contributed by atoms with Gasteiger partial charge in [0.15, 0.2) is 0 Å². The van der Waals surface area contributed by atoms with E-state index in [1.165, 1.54) is 0 Å². The Morgan fingerprint density at radius 1 is 1.40 bits per heavy atom. The smallest absolute Gasteiger partial charge is 0.0723 e. The Morgan fingerprint density at radius 2 is 2.20 bits per heavy atom. The van der Waals surface area contributed by atoms with Crippen LogP contribution < -0.4 is 5.73 Å². The highest BCUT2D eigenvalue weighted by Gasteiger charge is 2.12. The Hall–Kier alpha value is -1.32. The highest BCUT2D eigenvalue weighted by molar-refractivity contribution is 6.30. The molecule has 0 saturated heterocycles. The lowest BCUT2D eigenvalue weighted by Crippen LogP contribution is -2.15. The van der Waals surface area contributed by atoms with Crippen molar-refractivity contribution in [2.24, 2.45) is 12.8 Å². The monoisotopic (exact) mass is 221 g/mol. The summed E-state index contributed by atoms with van der Waals surface area (Å²) in [4.78, 5) is 0. The molecule has 0 fully saturated rings. The Kier molecular flexibility index (Phi) is 2.75. The maximum absolute atomic E-state index is 6.11. The Morgan fingerprint density at radius 3 is 2.80 bits per heavy atom. The van der Waals surface area contributed by atoms with Crippen molar-refractivity contribution in [3.05, 3.63) is 52.8 Å². The van der Waals surface area contributed by atoms with Crippen LogP contribution in [0.3, 0.4) is 0 Å². The zero-order chi connectivity index (χ0) is 10.8. The minimum atomic E-state index is -0.184. The zero-order valence-electron chi connectivity index (χ0n) is 8.39. The van der Waals surface area contributed by atoms with Crippen LogP contribution in [-0.2, 0) is 7.05 Å². The van der Waals surface area contributed by atoms with Crippen LogP contribution in [0.4, 0.5) is 0 Å². The Balaban J connectivity index is 2.36. The molecule has 0 aliphatic carbocycles. The molecule has 0 bridgehead atoms. The van der Waals surface area contributed by atoms with Crippen LogP contribution in [0.25, 0.3) is 0 Å². The summed E-state index contributed by atoms with van der Waals surface area (Å²) in [5.41, 5.74) is 8.07. The average molecular weight is 222 g/mol. The van der Waals surface area contributed by atoms with Gasteiger partial charge in [0.2, 0.25) is 0 Å². The first kappa shape index (κ1) is 10.2. The highest BCUT2D eigenvalue weighted by Crippen LogP contribution is 2.21. The van der Waals surface area contributed by atoms with Crippen molar-refractivity contribution in [2.45, 2.75) is 6.04 Å². The molecular weight excluding hydrogens is 210 g/mol. The molecule has 1 heterocycles. The lowest BCUT2D eigenvalue weighted by atomic mass is 10.1. The summed E-state index contributed by atoms with van der Waals surface area (Å²) in [5.74, 6) is 0. The van der Waals surface area contributed by atoms with Crippen LogP contribution in [0.1, 0.15) is 17.3 Å². The third-order valence-electron chi connectivity index (χ3n) is 2.39. The molecule has 15 heavy (non-hydrogen) atoms. The quantitative estimate of drug-likeness (QED) is 0.844. The molecule has 0 aliphatic rings. The maximum atomic E-state index is 6.11. The molecule has 0 saturated carbocycles. The molecule has 2 rings (SSSR count). The van der Waals surface area contributed by atoms with Crippen molar-refractivity contribution in [2.75, 3.05) is 0 Å². The number of rotatable bonds is 2. The van der Waals surface area contributed by atoms with Crippen molar-refractivity contribution in [3.63, 3.8) is 0 Å². The number of hydrogen-bond donors (Lipinski definition) is 1. The van der Waals surface area contributed by atoms with E-state index in [1.807, 2.05) is 37.4 Å². The van der Waals surface area contributed by atoms with Gasteiger partial charge in [0.25, 0.3) is 0 Å². The summed E-state index contributed by atoms with van der Waals surface area (Å²) < 4.78 is 1.77. The van der Waals surface area contributed by atoms with Gasteiger partial charge in [0.05, 0.1) is 11.7 Å². The van der Waals surface area contributed by atoms with Gasteiger partial charge >= 0.3 is 0 Å². The summed E-state index contributed by atoms with van der Waals surface area (Å²) in [6.45, 7) is 0. The standard InChI is InChI=1S/C11H12ClN3/c1-15-10(5-6-14-15)11(13)8-3-2-4-9(12)7-8/h2-7,11H,13H2,1H3. The molecule has 0 spiro atoms. The van der Waals surface area contributed by atoms with E-state index in [0.717, 1.165) is 11.3 Å². The molecule has 2 N–H and O–H groups in total. The summed E-state index contributed by atoms with van der Waals surface area (Å²) in [6.07, 6.45) is 1.74. The van der Waals surface area contributed by atoms with Gasteiger partial charge in [-0.15, -0.1) is 0 Å². The minimum absolute atomic E-state index is 0.184. The number of nitrogens with two attached hydrogens (primary N) is 1. The first-order valence-electron chi connectivity index (χ1n) is 4.67. The number of aryl methyl sites for hydroxylation is 1. The predicted octanol–water partition coefficient (Wildman–Crippen LogP) is 2.12. The van der Waals surface area contributed by atoms with Crippen LogP contribution in [-0.4, -0.2) is 9.78 Å². The van der Waals surface area contributed by atoms with Gasteiger partial charge in [-0.3, -0.25) is 4.68 Å². The summed E-state index contributed by atoms with van der Waals surface area (Å²) in [5, 5.41) is 4.79. The molecule has 0 amide bonds. The van der Waals surface area contributed by atoms with Gasteiger partial charge in [-0.1, -0.05) is 23.7 Å². The highest BCUT2D eigenvalue weighted by atomic mass is 35.5. The SMILES string of the molecule is Cn1nccc1C(N)c1cccc(Cl)c1. The third-order valence-corrected chi connectivity index (χ3v) is 2.62. The van der Waals surface area contributed by atoms with Crippen molar-refractivity contribution >= 4 is 11.6 Å². The van der Waals surface area contributed by atoms with E-state index in [-0.39, 0.29) is 6.04 Å². The van der Waals surface area contributed by atoms with Gasteiger partial charge in [-0.05, 0) is 23.8 Å². The van der Waals surface area contributed by atoms with Crippen LogP contribution in [0.5, 0.6) is 0 Å². The molecular formula is C11H12ClN3. The molecule has 4 heteroatoms. The first-order chi connectivity index (χ1) is 7.18. The van der Waals surface area contributed by atoms with E-state index >= 15 is 0 Å². The van der Waals surface area contributed by atoms with Crippen molar-refractivity contribution < 1.29 is 0 Å². The van der Waals surface area contributed by atoms with Gasteiger partial charge in [-0.2, -0.15) is 5.10 Å². The average Bonchev–Trinajstić information content (AvgIpc) is 2.63. The topological polar surface area (TPSA) is 43.8 Å². The number of halogens is 1. The van der Waals surface area contributed by atoms with E-state index in [2.05, 4.69) is 5.10 Å². The summed E-state index contributed by atoms with van der Waals surface area (Å²) >= 11 is 5.91. The van der Waals surface area contributed by atoms with Crippen LogP contribution in [0, 0.1) is 0 Å². The van der Waals surface area contributed by atoms with Crippen molar-refractivity contribution in [3.8, 4) is 0 Å². The number of aromatic nitrogens is 2. The lowest BCUT2D eigenvalue weighted by Gasteiger charge is -2.12. The molecule has 78 valence electrons. The van der Waals surface area contributed by atoms with E-state index in [4.69, 9.17) is 17.3 Å². The summed E-state index contributed by atoms with van der Waals surface area (Å²) in [7, 11) is 1.87. The van der Waals surface area contributed by atoms with Gasteiger partial charge in [-0.25, -0.2) is 0 Å². The van der Waals surface area contributed by atoms with E-state index < -0.39 is 0 Å². The second-order valence-electron chi connectivity index (χ2n) is 3.41. The second kappa shape index (κ2) is 4.04. The zero-order valence-corrected chi connectivity index (χ0v) is 9.15. The van der Waals surface area contributed by atoms with E-state index in [9.17, 15) is 0 Å². The minimum Gasteiger partial charge on any atom is -0.319 e. The Labute approximate surface area is 93.5 Å². The first-order valence-corrected chi connectivity index (χ1v) is 5.05. The molecule has 1 unspecified atom stereocenters. The molecule has 0 aliphatic heterocycles. The van der Waals surface area contributed by atoms with Gasteiger partial charge in [0.1, 0.15) is 0 Å². The predicted molar refractivity (Wildman–Crippen MR) is 60.7 cm³/mol. The van der Waals surface area contributed by atoms with Crippen LogP contribution >= 0.6 is 11.6 Å². The Bertz CT molecular complexity index is 464. The molecule has 0 radical (unpaired) electrons. The molecule has 1 atom stereocenters. The van der Waals surface area contributed by atoms with Gasteiger partial charge < -0.3 is 5.73 Å². The largest absolute Gasteiger partial charge is 0.319 e. The maximum Gasteiger partial charge on any atom is 0.0723 e. The third kappa shape index (κ3) is 2.03. The van der Waals surface area contributed by atoms with Crippen molar-refractivity contribution in [1.29, 1.82) is 0 Å². The number of hydrogen-bond acceptors (Lipinski definition) is 2. The van der Waals surface area contributed by atoms with E-state index in [0.29, 0.717) is 5.02 Å². The molecule has 3 nitrogen and oxygen atoms in total. The second-order valence-corrected chi connectivity index (χ2v) is 3.85. The number of benzene rings is 1.